The van der Waals surface area contributed by atoms with Gasteiger partial charge in [-0.25, -0.2) is 4.79 Å². The van der Waals surface area contributed by atoms with Gasteiger partial charge in [-0.15, -0.1) is 0 Å². The van der Waals surface area contributed by atoms with E-state index in [1.165, 1.54) is 6.42 Å². The van der Waals surface area contributed by atoms with Gasteiger partial charge in [-0.05, 0) is 61.2 Å². The fraction of sp³-hybridized carbons (Fsp3) is 0.348. The second-order valence-electron chi connectivity index (χ2n) is 7.64. The Morgan fingerprint density at radius 1 is 1.21 bits per heavy atom. The molecule has 2 heterocycles. The fourth-order valence-corrected chi connectivity index (χ4v) is 4.01. The molecule has 0 amide bonds. The summed E-state index contributed by atoms with van der Waals surface area (Å²) in [7, 11) is 1.61. The van der Waals surface area contributed by atoms with Gasteiger partial charge in [0.25, 0.3) is 0 Å². The molecule has 5 heteroatoms. The van der Waals surface area contributed by atoms with Crippen molar-refractivity contribution in [3.8, 4) is 22.6 Å². The minimum atomic E-state index is -0.406. The summed E-state index contributed by atoms with van der Waals surface area (Å²) in [5, 5.41) is 11.2. The largest absolute Gasteiger partial charge is 0.507 e. The lowest BCUT2D eigenvalue weighted by Gasteiger charge is -2.31. The van der Waals surface area contributed by atoms with Crippen molar-refractivity contribution in [2.45, 2.75) is 26.3 Å². The van der Waals surface area contributed by atoms with Gasteiger partial charge in [-0.3, -0.25) is 4.90 Å². The van der Waals surface area contributed by atoms with Gasteiger partial charge in [-0.1, -0.05) is 19.1 Å². The van der Waals surface area contributed by atoms with Gasteiger partial charge < -0.3 is 14.3 Å². The van der Waals surface area contributed by atoms with Crippen LogP contribution in [0.4, 0.5) is 0 Å². The normalized spacial score (nSPS) is 17.7. The molecule has 4 rings (SSSR count). The predicted molar refractivity (Wildman–Crippen MR) is 110 cm³/mol. The van der Waals surface area contributed by atoms with E-state index in [9.17, 15) is 9.90 Å². The molecule has 1 aliphatic heterocycles. The lowest BCUT2D eigenvalue weighted by atomic mass is 9.99. The van der Waals surface area contributed by atoms with Crippen molar-refractivity contribution in [3.05, 3.63) is 58.4 Å². The summed E-state index contributed by atoms with van der Waals surface area (Å²) in [5.41, 5.74) is 2.02. The summed E-state index contributed by atoms with van der Waals surface area (Å²) < 4.78 is 10.9. The maximum atomic E-state index is 12.7. The molecule has 28 heavy (non-hydrogen) atoms. The summed E-state index contributed by atoms with van der Waals surface area (Å²) >= 11 is 0. The molecule has 2 aromatic carbocycles. The first-order valence-corrected chi connectivity index (χ1v) is 9.70. The average Bonchev–Trinajstić information content (AvgIpc) is 2.70. The number of ether oxygens (including phenoxy) is 1. The number of aromatic hydroxyl groups is 1. The minimum Gasteiger partial charge on any atom is -0.507 e. The Bertz CT molecular complexity index is 1040. The van der Waals surface area contributed by atoms with Crippen LogP contribution in [-0.4, -0.2) is 30.2 Å². The molecule has 3 aromatic rings. The first-order chi connectivity index (χ1) is 13.5. The smallest absolute Gasteiger partial charge is 0.344 e. The second kappa shape index (κ2) is 7.68. The first kappa shape index (κ1) is 18.6. The molecule has 146 valence electrons. The van der Waals surface area contributed by atoms with E-state index in [0.29, 0.717) is 29.2 Å². The topological polar surface area (TPSA) is 62.9 Å². The Kier molecular flexibility index (Phi) is 5.09. The van der Waals surface area contributed by atoms with E-state index in [0.717, 1.165) is 36.2 Å². The SMILES string of the molecule is COc1ccc(-c2cc3ccc(O)c(CN4CCC[C@@H](C)C4)c3oc2=O)cc1. The van der Waals surface area contributed by atoms with Crippen molar-refractivity contribution in [1.82, 2.24) is 4.90 Å². The van der Waals surface area contributed by atoms with E-state index in [2.05, 4.69) is 11.8 Å². The summed E-state index contributed by atoms with van der Waals surface area (Å²) in [6.07, 6.45) is 2.39. The van der Waals surface area contributed by atoms with Crippen molar-refractivity contribution in [1.29, 1.82) is 0 Å². The predicted octanol–water partition coefficient (Wildman–Crippen LogP) is 4.41. The van der Waals surface area contributed by atoms with Crippen molar-refractivity contribution in [2.24, 2.45) is 5.92 Å². The maximum Gasteiger partial charge on any atom is 0.344 e. The number of likely N-dealkylation sites (tertiary alicyclic amines) is 1. The highest BCUT2D eigenvalue weighted by atomic mass is 16.5. The summed E-state index contributed by atoms with van der Waals surface area (Å²) in [6.45, 7) is 4.81. The Morgan fingerprint density at radius 2 is 2.00 bits per heavy atom. The van der Waals surface area contributed by atoms with E-state index in [1.807, 2.05) is 30.3 Å². The van der Waals surface area contributed by atoms with Crippen LogP contribution in [0.3, 0.4) is 0 Å². The Labute approximate surface area is 164 Å². The number of hydrogen-bond donors (Lipinski definition) is 1. The van der Waals surface area contributed by atoms with Gasteiger partial charge in [-0.2, -0.15) is 0 Å². The summed E-state index contributed by atoms with van der Waals surface area (Å²) in [5.74, 6) is 1.54. The third-order valence-electron chi connectivity index (χ3n) is 5.50. The Morgan fingerprint density at radius 3 is 2.71 bits per heavy atom. The van der Waals surface area contributed by atoms with Crippen LogP contribution in [0.15, 0.2) is 51.7 Å². The van der Waals surface area contributed by atoms with E-state index in [-0.39, 0.29) is 5.75 Å². The summed E-state index contributed by atoms with van der Waals surface area (Å²) in [4.78, 5) is 15.0. The van der Waals surface area contributed by atoms with Crippen LogP contribution >= 0.6 is 0 Å². The molecule has 1 aromatic heterocycles. The number of piperidine rings is 1. The monoisotopic (exact) mass is 379 g/mol. The molecular weight excluding hydrogens is 354 g/mol. The van der Waals surface area contributed by atoms with Gasteiger partial charge in [0.1, 0.15) is 17.1 Å². The average molecular weight is 379 g/mol. The highest BCUT2D eigenvalue weighted by molar-refractivity contribution is 5.85. The minimum absolute atomic E-state index is 0.172. The van der Waals surface area contributed by atoms with Crippen LogP contribution in [0.25, 0.3) is 22.1 Å². The van der Waals surface area contributed by atoms with Gasteiger partial charge in [0.15, 0.2) is 0 Å². The summed E-state index contributed by atoms with van der Waals surface area (Å²) in [6, 6.07) is 12.6. The first-order valence-electron chi connectivity index (χ1n) is 9.70. The molecule has 1 aliphatic rings. The van der Waals surface area contributed by atoms with Crippen LogP contribution in [0.1, 0.15) is 25.3 Å². The number of nitrogens with zero attached hydrogens (tertiary/aromatic N) is 1. The van der Waals surface area contributed by atoms with Crippen molar-refractivity contribution in [3.63, 3.8) is 0 Å². The number of benzene rings is 2. The van der Waals surface area contributed by atoms with Crippen LogP contribution in [0, 0.1) is 5.92 Å². The number of hydrogen-bond acceptors (Lipinski definition) is 5. The standard InChI is InChI=1S/C23H25NO4/c1-15-4-3-11-24(13-15)14-20-21(25)10-7-17-12-19(23(26)28-22(17)20)16-5-8-18(27-2)9-6-16/h5-10,12,15,25H,3-4,11,13-14H2,1-2H3/t15-/m1/s1. The Hall–Kier alpha value is -2.79. The molecular formula is C23H25NO4. The molecule has 0 spiro atoms. The zero-order valence-electron chi connectivity index (χ0n) is 16.3. The van der Waals surface area contributed by atoms with Gasteiger partial charge >= 0.3 is 5.63 Å². The molecule has 0 aliphatic carbocycles. The molecule has 1 fully saturated rings. The van der Waals surface area contributed by atoms with Crippen molar-refractivity contribution >= 4 is 11.0 Å². The lowest BCUT2D eigenvalue weighted by molar-refractivity contribution is 0.175. The highest BCUT2D eigenvalue weighted by Crippen LogP contribution is 2.31. The number of fused-ring (bicyclic) bond motifs is 1. The van der Waals surface area contributed by atoms with Crippen LogP contribution < -0.4 is 10.4 Å². The number of methoxy groups -OCH3 is 1. The lowest BCUT2D eigenvalue weighted by Crippen LogP contribution is -2.33. The molecule has 1 saturated heterocycles. The molecule has 0 bridgehead atoms. The quantitative estimate of drug-likeness (QED) is 0.681. The number of rotatable bonds is 4. The van der Waals surface area contributed by atoms with E-state index in [4.69, 9.17) is 9.15 Å². The van der Waals surface area contributed by atoms with Crippen LogP contribution in [0.2, 0.25) is 0 Å². The molecule has 0 radical (unpaired) electrons. The van der Waals surface area contributed by atoms with E-state index >= 15 is 0 Å². The maximum absolute atomic E-state index is 12.7. The third-order valence-corrected chi connectivity index (χ3v) is 5.50. The Balaban J connectivity index is 1.74. The number of phenolic OH excluding ortho intramolecular Hbond substituents is 1. The number of phenols is 1. The third kappa shape index (κ3) is 3.62. The molecule has 1 atom stereocenters. The molecule has 0 saturated carbocycles. The second-order valence-corrected chi connectivity index (χ2v) is 7.64. The molecule has 1 N–H and O–H groups in total. The molecule has 5 nitrogen and oxygen atoms in total. The van der Waals surface area contributed by atoms with Crippen molar-refractivity contribution in [2.75, 3.05) is 20.2 Å². The van der Waals surface area contributed by atoms with Gasteiger partial charge in [0.2, 0.25) is 0 Å². The van der Waals surface area contributed by atoms with Gasteiger partial charge in [0.05, 0.1) is 18.2 Å². The zero-order chi connectivity index (χ0) is 19.7. The van der Waals surface area contributed by atoms with Crippen LogP contribution in [0.5, 0.6) is 11.5 Å². The van der Waals surface area contributed by atoms with E-state index in [1.54, 1.807) is 19.2 Å². The van der Waals surface area contributed by atoms with Crippen molar-refractivity contribution < 1.29 is 14.3 Å². The van der Waals surface area contributed by atoms with E-state index < -0.39 is 5.63 Å². The molecule has 0 unspecified atom stereocenters. The highest BCUT2D eigenvalue weighted by Gasteiger charge is 2.20. The van der Waals surface area contributed by atoms with Gasteiger partial charge in [0, 0.05) is 18.5 Å². The van der Waals surface area contributed by atoms with Crippen LogP contribution in [-0.2, 0) is 6.54 Å². The zero-order valence-corrected chi connectivity index (χ0v) is 16.3. The fourth-order valence-electron chi connectivity index (χ4n) is 4.01.